The number of carboxylic acid groups (broad SMARTS) is 2. The molecule has 13 heavy (non-hydrogen) atoms. The van der Waals surface area contributed by atoms with Crippen LogP contribution in [-0.4, -0.2) is 22.2 Å². The van der Waals surface area contributed by atoms with Crippen LogP contribution in [0.25, 0.3) is 0 Å². The Balaban J connectivity index is -0.000000333. The predicted molar refractivity (Wildman–Crippen MR) is 44.4 cm³/mol. The zero-order valence-corrected chi connectivity index (χ0v) is 9.92. The van der Waals surface area contributed by atoms with Crippen molar-refractivity contribution in [3.63, 3.8) is 0 Å². The normalized spacial score (nSPS) is 16.3. The van der Waals surface area contributed by atoms with E-state index in [0.717, 1.165) is 0 Å². The van der Waals surface area contributed by atoms with Gasteiger partial charge in [0.1, 0.15) is 0 Å². The van der Waals surface area contributed by atoms with Crippen molar-refractivity contribution in [3.8, 4) is 0 Å². The second-order valence-electron chi connectivity index (χ2n) is 2.55. The average Bonchev–Trinajstić information content (AvgIpc) is 1.57. The van der Waals surface area contributed by atoms with E-state index in [-0.39, 0.29) is 48.8 Å². The molecule has 0 bridgehead atoms. The molecule has 0 amide bonds. The fourth-order valence-electron chi connectivity index (χ4n) is 1.05. The van der Waals surface area contributed by atoms with Crippen LogP contribution in [0.15, 0.2) is 0 Å². The Morgan fingerprint density at radius 3 is 1.31 bits per heavy atom. The fourth-order valence-corrected chi connectivity index (χ4v) is 1.05. The summed E-state index contributed by atoms with van der Waals surface area (Å²) in [5.41, 5.74) is -1.44. The van der Waals surface area contributed by atoms with Crippen molar-refractivity contribution in [2.24, 2.45) is 5.41 Å². The van der Waals surface area contributed by atoms with Gasteiger partial charge in [-0.15, -0.1) is 0 Å². The van der Waals surface area contributed by atoms with Gasteiger partial charge in [-0.2, -0.15) is 0 Å². The van der Waals surface area contributed by atoms with Gasteiger partial charge in [-0.05, 0) is 19.3 Å². The van der Waals surface area contributed by atoms with Gasteiger partial charge in [0.15, 0.2) is 5.41 Å². The van der Waals surface area contributed by atoms with Crippen LogP contribution in [0.1, 0.15) is 19.3 Å². The molecule has 0 heterocycles. The monoisotopic (exact) mass is 369 g/mol. The summed E-state index contributed by atoms with van der Waals surface area (Å²) in [7, 11) is 0. The van der Waals surface area contributed by atoms with Crippen LogP contribution in [0.5, 0.6) is 0 Å². The van der Waals surface area contributed by atoms with Crippen molar-refractivity contribution in [2.75, 3.05) is 0 Å². The Hall–Kier alpha value is -0.632. The van der Waals surface area contributed by atoms with Gasteiger partial charge in [0.05, 0.1) is 0 Å². The molecule has 1 saturated carbocycles. The van der Waals surface area contributed by atoms with Gasteiger partial charge < -0.3 is 10.2 Å². The summed E-state index contributed by atoms with van der Waals surface area (Å²) in [4.78, 5) is 20.7. The Bertz CT molecular complexity index is 171. The Kier molecular flexibility index (Phi) is 8.29. The molecule has 78 valence electrons. The maximum Gasteiger partial charge on any atom is 0.321 e. The summed E-state index contributed by atoms with van der Waals surface area (Å²) in [6.45, 7) is 0. The first-order valence-electron chi connectivity index (χ1n) is 3.06. The minimum Gasteiger partial charge on any atom is -0.480 e. The summed E-state index contributed by atoms with van der Waals surface area (Å²) in [6.07, 6.45) is 1.26. The number of hydrogen-bond acceptors (Lipinski definition) is 2. The smallest absolute Gasteiger partial charge is 0.321 e. The molecule has 0 radical (unpaired) electrons. The van der Waals surface area contributed by atoms with Gasteiger partial charge in [0.2, 0.25) is 0 Å². The molecule has 1 aliphatic carbocycles. The molecule has 0 aliphatic heterocycles. The van der Waals surface area contributed by atoms with Crippen LogP contribution in [-0.2, 0) is 30.7 Å². The molecule has 1 fully saturated rings. The fraction of sp³-hybridized carbons (Fsp3) is 0.500. The number of carboxylic acids is 2. The van der Waals surface area contributed by atoms with Crippen LogP contribution >= 0.6 is 0 Å². The van der Waals surface area contributed by atoms with Gasteiger partial charge in [0.25, 0.3) is 0 Å². The van der Waals surface area contributed by atoms with Crippen LogP contribution < -0.4 is 0 Å². The van der Waals surface area contributed by atoms with Crippen LogP contribution in [0, 0.1) is 20.3 Å². The third-order valence-electron chi connectivity index (χ3n) is 2.03. The molecule has 0 aromatic heterocycles. The first-order valence-corrected chi connectivity index (χ1v) is 3.06. The zero-order chi connectivity index (χ0) is 7.78. The second-order valence-corrected chi connectivity index (χ2v) is 2.55. The van der Waals surface area contributed by atoms with Gasteiger partial charge >= 0.3 is 11.9 Å². The van der Waals surface area contributed by atoms with Crippen LogP contribution in [0.4, 0.5) is 0 Å². The molecule has 0 spiro atoms. The molecule has 0 aromatic rings. The van der Waals surface area contributed by atoms with Crippen molar-refractivity contribution < 1.29 is 40.9 Å². The van der Waals surface area contributed by atoms with E-state index in [9.17, 15) is 9.59 Å². The third-order valence-corrected chi connectivity index (χ3v) is 2.03. The second kappa shape index (κ2) is 5.92. The average molecular weight is 369 g/mol. The van der Waals surface area contributed by atoms with E-state index in [1.807, 2.05) is 0 Å². The maximum absolute atomic E-state index is 10.4. The van der Waals surface area contributed by atoms with Gasteiger partial charge in [-0.3, -0.25) is 9.59 Å². The van der Waals surface area contributed by atoms with Gasteiger partial charge in [-0.1, -0.05) is 0 Å². The van der Waals surface area contributed by atoms with Crippen molar-refractivity contribution in [1.82, 2.24) is 0 Å². The Morgan fingerprint density at radius 2 is 1.31 bits per heavy atom. The minimum absolute atomic E-state index is 0. The number of carbonyl (C=O) groups is 2. The maximum atomic E-state index is 10.4. The topological polar surface area (TPSA) is 74.6 Å². The molecule has 0 atom stereocenters. The van der Waals surface area contributed by atoms with E-state index in [1.165, 1.54) is 0 Å². The van der Waals surface area contributed by atoms with E-state index < -0.39 is 17.4 Å². The Morgan fingerprint density at radius 1 is 1.00 bits per heavy atom. The van der Waals surface area contributed by atoms with Crippen molar-refractivity contribution >= 4 is 11.9 Å². The van der Waals surface area contributed by atoms with E-state index in [4.69, 9.17) is 10.2 Å². The first-order chi connectivity index (χ1) is 4.59. The Labute approximate surface area is 92.6 Å². The number of hydrogen-bond donors (Lipinski definition) is 2. The number of rotatable bonds is 2. The molecular formula is C8H14O4Pt+2. The molecular weight excluding hydrogens is 355 g/mol. The summed E-state index contributed by atoms with van der Waals surface area (Å²) in [6, 6.07) is 0. The molecule has 2 N–H and O–H groups in total. The van der Waals surface area contributed by atoms with Gasteiger partial charge in [-0.25, -0.2) is 0 Å². The van der Waals surface area contributed by atoms with E-state index in [2.05, 4.69) is 0 Å². The third kappa shape index (κ3) is 2.66. The molecule has 1 rings (SSSR count). The minimum atomic E-state index is -1.44. The summed E-state index contributed by atoms with van der Waals surface area (Å²) in [5, 5.41) is 16.9. The molecule has 5 heteroatoms. The molecule has 0 saturated heterocycles. The summed E-state index contributed by atoms with van der Waals surface area (Å²) < 4.78 is 0. The zero-order valence-electron chi connectivity index (χ0n) is 7.65. The largest absolute Gasteiger partial charge is 0.480 e. The van der Waals surface area contributed by atoms with Crippen LogP contribution in [0.3, 0.4) is 0 Å². The SMILES string of the molecule is O=C(O)C1(C(=O)O)CCC1.[CH3+].[CH3+].[Pt]. The molecule has 1 aliphatic rings. The molecule has 0 aromatic carbocycles. The van der Waals surface area contributed by atoms with Gasteiger partial charge in [0, 0.05) is 35.9 Å². The quantitative estimate of drug-likeness (QED) is 0.567. The van der Waals surface area contributed by atoms with E-state index in [1.54, 1.807) is 0 Å². The van der Waals surface area contributed by atoms with Crippen molar-refractivity contribution in [1.29, 1.82) is 0 Å². The molecule has 4 nitrogen and oxygen atoms in total. The number of aliphatic carboxylic acids is 2. The van der Waals surface area contributed by atoms with E-state index in [0.29, 0.717) is 6.42 Å². The summed E-state index contributed by atoms with van der Waals surface area (Å²) >= 11 is 0. The van der Waals surface area contributed by atoms with Crippen LogP contribution in [0.2, 0.25) is 0 Å². The predicted octanol–water partition coefficient (Wildman–Crippen LogP) is 1.22. The summed E-state index contributed by atoms with van der Waals surface area (Å²) in [5.74, 6) is -2.41. The van der Waals surface area contributed by atoms with Crippen molar-refractivity contribution in [3.05, 3.63) is 14.9 Å². The first kappa shape index (κ1) is 18.2. The molecule has 0 unspecified atom stereocenters. The van der Waals surface area contributed by atoms with E-state index >= 15 is 0 Å². The van der Waals surface area contributed by atoms with Crippen molar-refractivity contribution in [2.45, 2.75) is 19.3 Å². The standard InChI is InChI=1S/C6H8O4.2CH3.Pt/c7-4(8)6(5(9)10)2-1-3-6;;;/h1-3H2,(H,7,8)(H,9,10);2*1H3;/q;2*+1;.